The molecule has 2 heteroatoms. The van der Waals surface area contributed by atoms with Gasteiger partial charge in [0.15, 0.2) is 0 Å². The summed E-state index contributed by atoms with van der Waals surface area (Å²) >= 11 is 0. The summed E-state index contributed by atoms with van der Waals surface area (Å²) in [4.78, 5) is 5.05. The van der Waals surface area contributed by atoms with Crippen LogP contribution in [0.4, 0.5) is 5.69 Å². The lowest BCUT2D eigenvalue weighted by Crippen LogP contribution is -2.29. The maximum atomic E-state index is 2.54. The number of nitrogens with zero attached hydrogens (tertiary/aromatic N) is 2. The van der Waals surface area contributed by atoms with E-state index in [-0.39, 0.29) is 0 Å². The first-order valence-corrected chi connectivity index (χ1v) is 12.9. The van der Waals surface area contributed by atoms with Crippen molar-refractivity contribution in [1.82, 2.24) is 4.90 Å². The molecule has 0 radical (unpaired) electrons. The van der Waals surface area contributed by atoms with E-state index in [0.717, 1.165) is 6.67 Å². The molecule has 0 saturated heterocycles. The quantitative estimate of drug-likeness (QED) is 0.445. The Kier molecular flexibility index (Phi) is 6.55. The number of hydrogen-bond donors (Lipinski definition) is 0. The van der Waals surface area contributed by atoms with E-state index in [1.807, 2.05) is 0 Å². The second-order valence-electron chi connectivity index (χ2n) is 11.2. The zero-order valence-electron chi connectivity index (χ0n) is 22.9. The van der Waals surface area contributed by atoms with Crippen molar-refractivity contribution >= 4 is 11.4 Å². The molecule has 0 fully saturated rings. The van der Waals surface area contributed by atoms with Crippen molar-refractivity contribution in [3.05, 3.63) is 92.8 Å². The summed E-state index contributed by atoms with van der Waals surface area (Å²) < 4.78 is 0. The smallest absolute Gasteiger partial charge is 0.0998 e. The molecule has 0 saturated carbocycles. The molecule has 0 spiro atoms. The van der Waals surface area contributed by atoms with Crippen molar-refractivity contribution in [2.24, 2.45) is 0 Å². The van der Waals surface area contributed by atoms with Gasteiger partial charge in [-0.1, -0.05) is 77.4 Å². The predicted molar refractivity (Wildman–Crippen MR) is 148 cm³/mol. The van der Waals surface area contributed by atoms with Gasteiger partial charge in [-0.2, -0.15) is 0 Å². The average molecular weight is 455 g/mol. The number of aryl methyl sites for hydroxylation is 3. The molecule has 2 aromatic rings. The molecule has 4 rings (SSSR count). The van der Waals surface area contributed by atoms with E-state index < -0.39 is 0 Å². The Morgan fingerprint density at radius 2 is 1.26 bits per heavy atom. The number of fused-ring (bicyclic) bond motifs is 1. The molecule has 34 heavy (non-hydrogen) atoms. The van der Waals surface area contributed by atoms with Crippen molar-refractivity contribution in [3.63, 3.8) is 0 Å². The Balaban J connectivity index is 1.87. The molecule has 0 N–H and O–H groups in total. The van der Waals surface area contributed by atoms with Crippen LogP contribution in [0.5, 0.6) is 0 Å². The molecule has 0 aliphatic carbocycles. The molecule has 2 nitrogen and oxygen atoms in total. The summed E-state index contributed by atoms with van der Waals surface area (Å²) in [7, 11) is 0. The van der Waals surface area contributed by atoms with Crippen LogP contribution in [0.1, 0.15) is 105 Å². The van der Waals surface area contributed by atoms with Crippen LogP contribution in [0.2, 0.25) is 0 Å². The van der Waals surface area contributed by atoms with Crippen LogP contribution in [-0.2, 0) is 0 Å². The molecule has 180 valence electrons. The fourth-order valence-corrected chi connectivity index (χ4v) is 5.70. The topological polar surface area (TPSA) is 6.48 Å². The van der Waals surface area contributed by atoms with Gasteiger partial charge in [-0.05, 0) is 85.4 Å². The lowest BCUT2D eigenvalue weighted by atomic mass is 9.82. The van der Waals surface area contributed by atoms with Gasteiger partial charge in [0.05, 0.1) is 18.1 Å². The third-order valence-corrected chi connectivity index (χ3v) is 7.44. The Hall–Kier alpha value is -2.74. The molecule has 2 heterocycles. The van der Waals surface area contributed by atoms with E-state index in [9.17, 15) is 0 Å². The molecular formula is C32H42N2. The first-order valence-electron chi connectivity index (χ1n) is 12.9. The Bertz CT molecular complexity index is 1150. The van der Waals surface area contributed by atoms with Crippen LogP contribution in [0.3, 0.4) is 0 Å². The van der Waals surface area contributed by atoms with Crippen LogP contribution >= 0.6 is 0 Å². The Labute approximate surface area is 207 Å². The standard InChI is InChI=1S/C32H42N2/c1-19(2)26-16-27(20(3)4)31(28(17-26)21(5)6)30-13-11-12-29-25(10)33(18-34(29)30)32-23(8)14-22(7)15-24(32)9/h11-17,19-21H,18H2,1-10H3. The summed E-state index contributed by atoms with van der Waals surface area (Å²) in [6.07, 6.45) is 6.86. The summed E-state index contributed by atoms with van der Waals surface area (Å²) in [6, 6.07) is 9.55. The van der Waals surface area contributed by atoms with Crippen molar-refractivity contribution in [3.8, 4) is 0 Å². The van der Waals surface area contributed by atoms with Crippen LogP contribution < -0.4 is 4.90 Å². The number of rotatable bonds is 5. The van der Waals surface area contributed by atoms with E-state index in [2.05, 4.69) is 122 Å². The molecule has 0 bridgehead atoms. The zero-order chi connectivity index (χ0) is 24.9. The number of hydrogen-bond acceptors (Lipinski definition) is 2. The molecule has 0 atom stereocenters. The highest BCUT2D eigenvalue weighted by molar-refractivity contribution is 5.78. The second kappa shape index (κ2) is 9.13. The number of anilines is 1. The van der Waals surface area contributed by atoms with Crippen LogP contribution in [0, 0.1) is 20.8 Å². The average Bonchev–Trinajstić information content (AvgIpc) is 3.08. The minimum atomic E-state index is 0.465. The van der Waals surface area contributed by atoms with Gasteiger partial charge in [0, 0.05) is 16.9 Å². The Morgan fingerprint density at radius 3 is 1.76 bits per heavy atom. The SMILES string of the molecule is CC1=C2C=CC=C(c3c(C(C)C)cc(C(C)C)cc3C(C)C)N2CN1c1c(C)cc(C)cc1C. The minimum Gasteiger partial charge on any atom is -0.324 e. The number of allylic oxidation sites excluding steroid dienone is 4. The highest BCUT2D eigenvalue weighted by Gasteiger charge is 2.33. The number of benzene rings is 2. The van der Waals surface area contributed by atoms with E-state index in [1.165, 1.54) is 61.7 Å². The molecule has 2 aliphatic heterocycles. The van der Waals surface area contributed by atoms with Gasteiger partial charge in [-0.15, -0.1) is 0 Å². The molecule has 2 aromatic carbocycles. The van der Waals surface area contributed by atoms with E-state index in [4.69, 9.17) is 0 Å². The molecule has 2 aliphatic rings. The molecule has 0 unspecified atom stereocenters. The van der Waals surface area contributed by atoms with Crippen LogP contribution in [-0.4, -0.2) is 11.6 Å². The van der Waals surface area contributed by atoms with E-state index in [0.29, 0.717) is 17.8 Å². The fourth-order valence-electron chi connectivity index (χ4n) is 5.70. The summed E-state index contributed by atoms with van der Waals surface area (Å²) in [5.74, 6) is 1.45. The maximum Gasteiger partial charge on any atom is 0.0998 e. The van der Waals surface area contributed by atoms with Crippen molar-refractivity contribution in [2.45, 2.75) is 87.0 Å². The van der Waals surface area contributed by atoms with Crippen LogP contribution in [0.15, 0.2) is 53.9 Å². The summed E-state index contributed by atoms with van der Waals surface area (Å²) in [6.45, 7) is 23.8. The molecular weight excluding hydrogens is 412 g/mol. The Morgan fingerprint density at radius 1 is 0.706 bits per heavy atom. The highest BCUT2D eigenvalue weighted by atomic mass is 15.4. The molecule has 0 amide bonds. The summed E-state index contributed by atoms with van der Waals surface area (Å²) in [5, 5.41) is 0. The van der Waals surface area contributed by atoms with E-state index >= 15 is 0 Å². The third-order valence-electron chi connectivity index (χ3n) is 7.44. The lowest BCUT2D eigenvalue weighted by Gasteiger charge is -2.33. The first kappa shape index (κ1) is 24.4. The van der Waals surface area contributed by atoms with Gasteiger partial charge in [0.2, 0.25) is 0 Å². The van der Waals surface area contributed by atoms with Gasteiger partial charge in [0.25, 0.3) is 0 Å². The largest absolute Gasteiger partial charge is 0.324 e. The van der Waals surface area contributed by atoms with Gasteiger partial charge in [0.1, 0.15) is 0 Å². The lowest BCUT2D eigenvalue weighted by molar-refractivity contribution is 0.541. The van der Waals surface area contributed by atoms with Gasteiger partial charge < -0.3 is 9.80 Å². The van der Waals surface area contributed by atoms with Gasteiger partial charge >= 0.3 is 0 Å². The van der Waals surface area contributed by atoms with E-state index in [1.54, 1.807) is 0 Å². The minimum absolute atomic E-state index is 0.465. The van der Waals surface area contributed by atoms with Crippen molar-refractivity contribution < 1.29 is 0 Å². The molecule has 0 aromatic heterocycles. The monoisotopic (exact) mass is 454 g/mol. The first-order chi connectivity index (χ1) is 16.0. The zero-order valence-corrected chi connectivity index (χ0v) is 22.9. The fraction of sp³-hybridized carbons (Fsp3) is 0.438. The van der Waals surface area contributed by atoms with Gasteiger partial charge in [-0.3, -0.25) is 0 Å². The maximum absolute atomic E-state index is 2.54. The highest BCUT2D eigenvalue weighted by Crippen LogP contribution is 2.44. The second-order valence-corrected chi connectivity index (χ2v) is 11.2. The van der Waals surface area contributed by atoms with Crippen molar-refractivity contribution in [1.29, 1.82) is 0 Å². The van der Waals surface area contributed by atoms with Crippen molar-refractivity contribution in [2.75, 3.05) is 11.6 Å². The van der Waals surface area contributed by atoms with Crippen LogP contribution in [0.25, 0.3) is 5.70 Å². The third kappa shape index (κ3) is 4.13. The summed E-state index contributed by atoms with van der Waals surface area (Å²) in [5.41, 5.74) is 15.2. The predicted octanol–water partition coefficient (Wildman–Crippen LogP) is 8.90. The van der Waals surface area contributed by atoms with Gasteiger partial charge in [-0.25, -0.2) is 0 Å². The normalized spacial score (nSPS) is 15.9.